The number of nitrogens with one attached hydrogen (secondary N) is 5. The number of hydrogen-bond acceptors (Lipinski definition) is 26. The number of rotatable bonds is 22. The van der Waals surface area contributed by atoms with Gasteiger partial charge in [-0.3, -0.25) is 39.7 Å². The standard InChI is InChI=1S/C18H13ClF3NO7.C15H18N6O6S.C11H11Cl2NO2.C8H14ClN5.C3H8NO5P/c1-2-28-16(24)9-29-17(25)12-8-11(4-5-14(12)23(26)27)30-15-6-3-10(7-13(15)19)18(20,21)22;1-21(2)13(22)9-6-5-7-16-12(9)28(24,25)20-15(23)19-14-17-10(26-3)8-11(18-14)27-4;1-7-6-16-9-5-3-2-4-8(9)14(7)11(15)10(12)13;1-4-10-7-12-6(9)13-8(14-7)11-5(2)3;5-3(6)1-4-2-10(7,8)9/h3-8H,2,9H2,1H3;5-8H,1-4H3,(H2,17,18,19,20,23);2-5,7,10H,6H2,1H3;5H,4H2,1-3H3,(H2,10,11,12,13,14);4H,1-2H2,(H,5,6)(H2,7,8,9). The largest absolute Gasteiger partial charge is 0.489 e. The number of aromatic nitrogens is 6. The quantitative estimate of drug-likeness (QED) is 0.0105. The number of hydrogen-bond donors (Lipinski definition) is 8. The summed E-state index contributed by atoms with van der Waals surface area (Å²) in [7, 11) is -2.94. The first kappa shape index (κ1) is 83.0. The van der Waals surface area contributed by atoms with Crippen molar-refractivity contribution in [2.24, 2.45) is 0 Å². The fraction of sp³-hybridized carbons (Fsp3) is 0.345. The number of carboxylic acids is 1. The Kier molecular flexibility index (Phi) is 33.2. The minimum Gasteiger partial charge on any atom is -0.489 e. The predicted octanol–water partition coefficient (Wildman–Crippen LogP) is 8.06. The highest BCUT2D eigenvalue weighted by molar-refractivity contribution is 7.90. The number of benzene rings is 3. The molecule has 3 aromatic carbocycles. The van der Waals surface area contributed by atoms with Crippen LogP contribution in [0.3, 0.4) is 0 Å². The van der Waals surface area contributed by atoms with E-state index in [1.807, 2.05) is 52.0 Å². The third kappa shape index (κ3) is 28.1. The maximum atomic E-state index is 12.7. The second-order valence-corrected chi connectivity index (χ2v) is 24.4. The molecule has 0 saturated carbocycles. The first-order chi connectivity index (χ1) is 45.8. The van der Waals surface area contributed by atoms with Gasteiger partial charge < -0.3 is 63.7 Å². The van der Waals surface area contributed by atoms with Crippen molar-refractivity contribution in [2.75, 3.05) is 88.4 Å². The van der Waals surface area contributed by atoms with E-state index >= 15 is 0 Å². The molecule has 0 bridgehead atoms. The van der Waals surface area contributed by atoms with Gasteiger partial charge in [-0.25, -0.2) is 24.1 Å². The van der Waals surface area contributed by atoms with Crippen LogP contribution in [0, 0.1) is 10.1 Å². The van der Waals surface area contributed by atoms with Crippen LogP contribution in [-0.2, 0) is 44.6 Å². The highest BCUT2D eigenvalue weighted by Crippen LogP contribution is 2.38. The number of sulfonamides is 1. The SMILES string of the molecule is CC1COc2ccccc2N1C(=O)C(Cl)Cl.CCNc1nc(Cl)nc(NC(C)C)n1.CCOC(=O)COC(=O)c1cc(Oc2ccc(C(F)(F)F)cc2Cl)ccc1[N+](=O)[O-].COc1cc(OC)nc(NC(=O)NS(=O)(=O)c2ncccc2C(=O)N(C)C)n1.O=C(O)CNCP(=O)(O)O. The lowest BCUT2D eigenvalue weighted by Crippen LogP contribution is -2.47. The molecule has 0 saturated heterocycles. The van der Waals surface area contributed by atoms with E-state index in [2.05, 4.69) is 55.9 Å². The van der Waals surface area contributed by atoms with Crippen LogP contribution in [0.4, 0.5) is 47.2 Å². The Balaban J connectivity index is 0.000000337. The number of esters is 2. The molecule has 43 heteroatoms. The average molecular weight is 1500 g/mol. The molecule has 0 fully saturated rings. The van der Waals surface area contributed by atoms with Crippen LogP contribution in [0.5, 0.6) is 29.0 Å². The molecule has 1 unspecified atom stereocenters. The number of carbonyl (C=O) groups is 6. The Labute approximate surface area is 576 Å². The number of pyridine rings is 1. The van der Waals surface area contributed by atoms with Crippen LogP contribution in [-0.4, -0.2) is 183 Å². The molecule has 34 nitrogen and oxygen atoms in total. The van der Waals surface area contributed by atoms with Gasteiger partial charge in [0.25, 0.3) is 27.5 Å². The van der Waals surface area contributed by atoms with Gasteiger partial charge in [-0.05, 0) is 94.8 Å². The van der Waals surface area contributed by atoms with Crippen LogP contribution in [0.1, 0.15) is 60.9 Å². The molecule has 7 rings (SSSR count). The van der Waals surface area contributed by atoms with Gasteiger partial charge in [-0.15, -0.1) is 0 Å². The number of ether oxygens (including phenoxy) is 6. The maximum absolute atomic E-state index is 12.7. The van der Waals surface area contributed by atoms with E-state index in [0.29, 0.717) is 30.3 Å². The molecule has 1 atom stereocenters. The summed E-state index contributed by atoms with van der Waals surface area (Å²) in [5.74, 6) is -2.80. The summed E-state index contributed by atoms with van der Waals surface area (Å²) in [6.45, 7) is 9.45. The topological polar surface area (TPSA) is 457 Å². The molecule has 534 valence electrons. The number of methoxy groups -OCH3 is 2. The Morgan fingerprint density at radius 2 is 1.52 bits per heavy atom. The van der Waals surface area contributed by atoms with Gasteiger partial charge in [0.05, 0.1) is 72.5 Å². The average Bonchev–Trinajstić information content (AvgIpc) is 0.812. The molecule has 98 heavy (non-hydrogen) atoms. The fourth-order valence-electron chi connectivity index (χ4n) is 7.13. The number of aliphatic carboxylic acids is 1. The molecule has 8 N–H and O–H groups in total. The number of amides is 4. The Bertz CT molecular complexity index is 3910. The predicted molar refractivity (Wildman–Crippen MR) is 348 cm³/mol. The van der Waals surface area contributed by atoms with Crippen molar-refractivity contribution in [1.29, 1.82) is 0 Å². The van der Waals surface area contributed by atoms with Crippen LogP contribution >= 0.6 is 54.0 Å². The number of urea groups is 1. The zero-order valence-corrected chi connectivity index (χ0v) is 57.6. The summed E-state index contributed by atoms with van der Waals surface area (Å²) in [5, 5.41) is 28.6. The summed E-state index contributed by atoms with van der Waals surface area (Å²) in [6, 6.07) is 15.8. The summed E-state index contributed by atoms with van der Waals surface area (Å²) in [4.78, 5) is 121. The van der Waals surface area contributed by atoms with Crippen molar-refractivity contribution in [2.45, 2.75) is 62.7 Å². The van der Waals surface area contributed by atoms with E-state index < -0.39 is 105 Å². The summed E-state index contributed by atoms with van der Waals surface area (Å²) < 4.78 is 105. The third-order valence-corrected chi connectivity index (χ3v) is 13.9. The molecular weight excluding hydrogens is 1440 g/mol. The van der Waals surface area contributed by atoms with E-state index in [0.717, 1.165) is 42.6 Å². The number of nitrogens with zero attached hydrogens (tertiary/aromatic N) is 9. The highest BCUT2D eigenvalue weighted by atomic mass is 35.5. The number of fused-ring (bicyclic) bond motifs is 1. The molecule has 0 radical (unpaired) electrons. The van der Waals surface area contributed by atoms with E-state index in [1.54, 1.807) is 9.62 Å². The zero-order valence-electron chi connectivity index (χ0n) is 52.9. The fourth-order valence-corrected chi connectivity index (χ4v) is 9.16. The summed E-state index contributed by atoms with van der Waals surface area (Å²) >= 11 is 22.8. The van der Waals surface area contributed by atoms with Gasteiger partial charge in [0.1, 0.15) is 29.4 Å². The van der Waals surface area contributed by atoms with E-state index in [1.165, 1.54) is 64.5 Å². The number of halogens is 7. The van der Waals surface area contributed by atoms with Gasteiger partial charge in [0, 0.05) is 45.0 Å². The number of para-hydroxylation sites is 2. The number of nitro groups is 1. The Hall–Kier alpha value is -9.27. The lowest BCUT2D eigenvalue weighted by molar-refractivity contribution is -0.385. The number of nitro benzene ring substituents is 1. The van der Waals surface area contributed by atoms with Crippen LogP contribution in [0.15, 0.2) is 90.1 Å². The summed E-state index contributed by atoms with van der Waals surface area (Å²) in [6.07, 6.45) is -4.01. The Morgan fingerprint density at radius 3 is 2.07 bits per heavy atom. The third-order valence-electron chi connectivity index (χ3n) is 11.1. The minimum atomic E-state index is -4.61. The van der Waals surface area contributed by atoms with Crippen molar-refractivity contribution in [3.8, 4) is 29.0 Å². The van der Waals surface area contributed by atoms with Gasteiger partial charge in [-0.2, -0.15) is 46.5 Å². The maximum Gasteiger partial charge on any atom is 0.416 e. The molecule has 0 aliphatic carbocycles. The first-order valence-electron chi connectivity index (χ1n) is 27.7. The van der Waals surface area contributed by atoms with E-state index in [4.69, 9.17) is 85.0 Å². The lowest BCUT2D eigenvalue weighted by Gasteiger charge is -2.35. The normalized spacial score (nSPS) is 12.2. The van der Waals surface area contributed by atoms with E-state index in [9.17, 15) is 65.0 Å². The van der Waals surface area contributed by atoms with Crippen LogP contribution < -0.4 is 49.8 Å². The first-order valence-corrected chi connectivity index (χ1v) is 32.6. The smallest absolute Gasteiger partial charge is 0.416 e. The number of anilines is 4. The van der Waals surface area contributed by atoms with Gasteiger partial charge in [-0.1, -0.05) is 46.9 Å². The molecule has 3 aromatic heterocycles. The molecule has 4 amide bonds. The minimum absolute atomic E-state index is 0.0493. The number of carbonyl (C=O) groups excluding carboxylic acids is 5. The summed E-state index contributed by atoms with van der Waals surface area (Å²) in [5.41, 5.74) is -1.63. The molecule has 4 heterocycles. The number of alkyl halides is 5. The van der Waals surface area contributed by atoms with Gasteiger partial charge in [0.2, 0.25) is 34.9 Å². The Morgan fingerprint density at radius 1 is 0.878 bits per heavy atom. The second-order valence-electron chi connectivity index (χ2n) is 19.3. The van der Waals surface area contributed by atoms with Crippen molar-refractivity contribution >= 4 is 129 Å². The van der Waals surface area contributed by atoms with Crippen molar-refractivity contribution in [3.05, 3.63) is 122 Å². The van der Waals surface area contributed by atoms with Gasteiger partial charge >= 0.3 is 37.7 Å². The lowest BCUT2D eigenvalue weighted by atomic mass is 10.1. The molecular formula is C55H64Cl4F3N14O20PS. The van der Waals surface area contributed by atoms with E-state index in [-0.39, 0.29) is 69.7 Å². The zero-order chi connectivity index (χ0) is 73.8. The monoisotopic (exact) mass is 1500 g/mol. The van der Waals surface area contributed by atoms with Crippen LogP contribution in [0.25, 0.3) is 0 Å². The van der Waals surface area contributed by atoms with Crippen molar-refractivity contribution in [3.63, 3.8) is 0 Å². The molecule has 1 aliphatic heterocycles. The molecule has 6 aromatic rings. The van der Waals surface area contributed by atoms with Crippen molar-refractivity contribution < 1.29 is 103 Å². The molecule has 0 spiro atoms. The molecule has 1 aliphatic rings. The van der Waals surface area contributed by atoms with Crippen LogP contribution in [0.2, 0.25) is 10.3 Å². The highest BCUT2D eigenvalue weighted by Gasteiger charge is 2.34. The van der Waals surface area contributed by atoms with Crippen molar-refractivity contribution in [1.82, 2.24) is 44.8 Å². The number of carboxylic acid groups (broad SMARTS) is 1. The second kappa shape index (κ2) is 39.2. The van der Waals surface area contributed by atoms with Gasteiger partial charge in [0.15, 0.2) is 16.5 Å².